The summed E-state index contributed by atoms with van der Waals surface area (Å²) in [6.07, 6.45) is 6.02. The van der Waals surface area contributed by atoms with Crippen molar-refractivity contribution < 1.29 is 18.0 Å². The standard InChI is InChI=1S/C21H23F3N6O/c22-21(23,24)18-7-2-1-5-16(18)13-29-14-19(26-27-29)20(31)30-10-4-3-6-17(30)8-11-28-12-9-25-15-28/h1-2,5,7,9,12,14-15,17H,3-4,6,8,10-11,13H2/t17-/m1/s1. The molecule has 0 spiro atoms. The Morgan fingerprint density at radius 1 is 1.19 bits per heavy atom. The van der Waals surface area contributed by atoms with Gasteiger partial charge in [-0.3, -0.25) is 4.79 Å². The zero-order chi connectivity index (χ0) is 21.8. The van der Waals surface area contributed by atoms with Crippen LogP contribution in [0.5, 0.6) is 0 Å². The van der Waals surface area contributed by atoms with Crippen molar-refractivity contribution in [1.82, 2.24) is 29.4 Å². The summed E-state index contributed by atoms with van der Waals surface area (Å²) in [5.74, 6) is -0.231. The number of rotatable bonds is 6. The second-order valence-electron chi connectivity index (χ2n) is 7.69. The molecular weight excluding hydrogens is 409 g/mol. The summed E-state index contributed by atoms with van der Waals surface area (Å²) in [5.41, 5.74) is -0.483. The van der Waals surface area contributed by atoms with Crippen LogP contribution in [0.25, 0.3) is 0 Å². The lowest BCUT2D eigenvalue weighted by Gasteiger charge is -2.35. The Hall–Kier alpha value is -3.17. The molecule has 2 aromatic heterocycles. The first-order valence-corrected chi connectivity index (χ1v) is 10.2. The van der Waals surface area contributed by atoms with Gasteiger partial charge in [-0.2, -0.15) is 13.2 Å². The molecule has 1 aliphatic heterocycles. The van der Waals surface area contributed by atoms with Crippen LogP contribution in [-0.4, -0.2) is 47.9 Å². The molecule has 31 heavy (non-hydrogen) atoms. The number of hydrogen-bond donors (Lipinski definition) is 0. The number of amides is 1. The number of halogens is 3. The second kappa shape index (κ2) is 8.91. The van der Waals surface area contributed by atoms with Crippen molar-refractivity contribution in [2.45, 2.75) is 51.0 Å². The van der Waals surface area contributed by atoms with Crippen LogP contribution in [0.1, 0.15) is 47.3 Å². The first-order chi connectivity index (χ1) is 14.9. The summed E-state index contributed by atoms with van der Waals surface area (Å²) < 4.78 is 43.0. The van der Waals surface area contributed by atoms with E-state index in [4.69, 9.17) is 0 Å². The van der Waals surface area contributed by atoms with Crippen molar-refractivity contribution in [3.05, 3.63) is 66.0 Å². The molecule has 1 aliphatic rings. The van der Waals surface area contributed by atoms with Crippen molar-refractivity contribution in [2.24, 2.45) is 0 Å². The lowest BCUT2D eigenvalue weighted by atomic mass is 9.99. The molecule has 0 saturated carbocycles. The van der Waals surface area contributed by atoms with E-state index in [2.05, 4.69) is 15.3 Å². The number of piperidine rings is 1. The highest BCUT2D eigenvalue weighted by atomic mass is 19.4. The number of carbonyl (C=O) groups excluding carboxylic acids is 1. The Bertz CT molecular complexity index is 1010. The third kappa shape index (κ3) is 4.95. The van der Waals surface area contributed by atoms with Gasteiger partial charge in [-0.15, -0.1) is 5.10 Å². The summed E-state index contributed by atoms with van der Waals surface area (Å²) in [5, 5.41) is 7.85. The van der Waals surface area contributed by atoms with E-state index in [1.165, 1.54) is 23.0 Å². The van der Waals surface area contributed by atoms with Gasteiger partial charge >= 0.3 is 6.18 Å². The molecule has 3 aromatic rings. The summed E-state index contributed by atoms with van der Waals surface area (Å²) in [4.78, 5) is 18.9. The quantitative estimate of drug-likeness (QED) is 0.597. The number of nitrogens with zero attached hydrogens (tertiary/aromatic N) is 6. The van der Waals surface area contributed by atoms with Gasteiger partial charge in [0.05, 0.1) is 24.6 Å². The summed E-state index contributed by atoms with van der Waals surface area (Å²) in [6, 6.07) is 5.43. The first kappa shape index (κ1) is 21.1. The van der Waals surface area contributed by atoms with E-state index in [9.17, 15) is 18.0 Å². The topological polar surface area (TPSA) is 68.8 Å². The molecule has 3 heterocycles. The summed E-state index contributed by atoms with van der Waals surface area (Å²) >= 11 is 0. The van der Waals surface area contributed by atoms with Crippen LogP contribution in [0.3, 0.4) is 0 Å². The fraction of sp³-hybridized carbons (Fsp3) is 0.429. The third-order valence-electron chi connectivity index (χ3n) is 5.58. The zero-order valence-electron chi connectivity index (χ0n) is 16.9. The van der Waals surface area contributed by atoms with Crippen LogP contribution in [0.4, 0.5) is 13.2 Å². The molecule has 1 amide bonds. The van der Waals surface area contributed by atoms with Crippen LogP contribution >= 0.6 is 0 Å². The van der Waals surface area contributed by atoms with Crippen LogP contribution in [0, 0.1) is 0 Å². The number of imidazole rings is 1. The third-order valence-corrected chi connectivity index (χ3v) is 5.58. The molecule has 1 fully saturated rings. The van der Waals surface area contributed by atoms with Gasteiger partial charge in [-0.05, 0) is 37.3 Å². The average Bonchev–Trinajstić information content (AvgIpc) is 3.44. The molecule has 0 unspecified atom stereocenters. The average molecular weight is 432 g/mol. The Kier molecular flexibility index (Phi) is 6.06. The maximum absolute atomic E-state index is 13.2. The van der Waals surface area contributed by atoms with E-state index in [1.807, 2.05) is 15.7 Å². The molecule has 1 aromatic carbocycles. The van der Waals surface area contributed by atoms with Crippen LogP contribution < -0.4 is 0 Å². The van der Waals surface area contributed by atoms with E-state index >= 15 is 0 Å². The molecule has 7 nitrogen and oxygen atoms in total. The number of aryl methyl sites for hydroxylation is 1. The molecular formula is C21H23F3N6O. The SMILES string of the molecule is O=C(c1cn(Cc2ccccc2C(F)(F)F)nn1)N1CCCC[C@@H]1CCn1ccnc1. The Labute approximate surface area is 177 Å². The van der Waals surface area contributed by atoms with Crippen LogP contribution in [0.2, 0.25) is 0 Å². The van der Waals surface area contributed by atoms with E-state index in [0.717, 1.165) is 38.3 Å². The minimum absolute atomic E-state index is 0.0788. The van der Waals surface area contributed by atoms with Crippen molar-refractivity contribution in [1.29, 1.82) is 0 Å². The van der Waals surface area contributed by atoms with Crippen LogP contribution in [0.15, 0.2) is 49.2 Å². The molecule has 1 atom stereocenters. The number of aromatic nitrogens is 5. The van der Waals surface area contributed by atoms with Gasteiger partial charge in [-0.1, -0.05) is 23.4 Å². The predicted molar refractivity (Wildman–Crippen MR) is 106 cm³/mol. The van der Waals surface area contributed by atoms with E-state index in [0.29, 0.717) is 6.54 Å². The van der Waals surface area contributed by atoms with Crippen molar-refractivity contribution in [3.8, 4) is 0 Å². The fourth-order valence-corrected chi connectivity index (χ4v) is 4.02. The number of likely N-dealkylation sites (tertiary alicyclic amines) is 1. The monoisotopic (exact) mass is 432 g/mol. The number of alkyl halides is 3. The molecule has 1 saturated heterocycles. The number of carbonyl (C=O) groups is 1. The van der Waals surface area contributed by atoms with Crippen molar-refractivity contribution in [3.63, 3.8) is 0 Å². The van der Waals surface area contributed by atoms with Crippen molar-refractivity contribution in [2.75, 3.05) is 6.54 Å². The van der Waals surface area contributed by atoms with Crippen LogP contribution in [-0.2, 0) is 19.3 Å². The molecule has 0 aliphatic carbocycles. The number of hydrogen-bond acceptors (Lipinski definition) is 4. The summed E-state index contributed by atoms with van der Waals surface area (Å²) in [6.45, 7) is 1.28. The molecule has 4 rings (SSSR count). The van der Waals surface area contributed by atoms with E-state index < -0.39 is 11.7 Å². The zero-order valence-corrected chi connectivity index (χ0v) is 16.9. The predicted octanol–water partition coefficient (Wildman–Crippen LogP) is 3.63. The van der Waals surface area contributed by atoms with Gasteiger partial charge in [-0.25, -0.2) is 9.67 Å². The maximum Gasteiger partial charge on any atom is 0.416 e. The van der Waals surface area contributed by atoms with E-state index in [1.54, 1.807) is 18.6 Å². The van der Waals surface area contributed by atoms with Gasteiger partial charge < -0.3 is 9.47 Å². The van der Waals surface area contributed by atoms with Gasteiger partial charge in [0.1, 0.15) is 0 Å². The normalized spacial score (nSPS) is 17.1. The van der Waals surface area contributed by atoms with Gasteiger partial charge in [0.2, 0.25) is 0 Å². The van der Waals surface area contributed by atoms with Crippen molar-refractivity contribution >= 4 is 5.91 Å². The highest BCUT2D eigenvalue weighted by Crippen LogP contribution is 2.32. The molecule has 0 bridgehead atoms. The smallest absolute Gasteiger partial charge is 0.337 e. The molecule has 0 N–H and O–H groups in total. The minimum atomic E-state index is -4.45. The minimum Gasteiger partial charge on any atom is -0.337 e. The lowest BCUT2D eigenvalue weighted by Crippen LogP contribution is -2.44. The Morgan fingerprint density at radius 2 is 2.03 bits per heavy atom. The largest absolute Gasteiger partial charge is 0.416 e. The van der Waals surface area contributed by atoms with Gasteiger partial charge in [0.25, 0.3) is 5.91 Å². The van der Waals surface area contributed by atoms with E-state index in [-0.39, 0.29) is 29.8 Å². The highest BCUT2D eigenvalue weighted by Gasteiger charge is 2.33. The number of benzene rings is 1. The second-order valence-corrected chi connectivity index (χ2v) is 7.69. The molecule has 10 heteroatoms. The van der Waals surface area contributed by atoms with Gasteiger partial charge in [0.15, 0.2) is 5.69 Å². The first-order valence-electron chi connectivity index (χ1n) is 10.2. The summed E-state index contributed by atoms with van der Waals surface area (Å²) in [7, 11) is 0. The lowest BCUT2D eigenvalue weighted by molar-refractivity contribution is -0.138. The Morgan fingerprint density at radius 3 is 2.81 bits per heavy atom. The maximum atomic E-state index is 13.2. The highest BCUT2D eigenvalue weighted by molar-refractivity contribution is 5.92. The Balaban J connectivity index is 1.46. The fourth-order valence-electron chi connectivity index (χ4n) is 4.02. The molecule has 164 valence electrons. The molecule has 0 radical (unpaired) electrons. The van der Waals surface area contributed by atoms with Gasteiger partial charge in [0, 0.05) is 31.5 Å².